The number of aromatic nitrogens is 1. The Morgan fingerprint density at radius 2 is 1.77 bits per heavy atom. The number of carbonyl (C=O) groups is 3. The number of aryl methyl sites for hydroxylation is 1. The average Bonchev–Trinajstić information content (AvgIpc) is 3.37. The second-order valence-electron chi connectivity index (χ2n) is 8.85. The third kappa shape index (κ3) is 4.51. The highest BCUT2D eigenvalue weighted by molar-refractivity contribution is 7.17. The second kappa shape index (κ2) is 9.88. The molecule has 1 aliphatic rings. The standard InChI is InChI=1S/C28H27N3O3S/c1-18-22(17-32)20-11-5-7-13-23(20)31(18)16-25(33)30-28-26(21-12-6-8-14-24(21)35-28)27(34)29-15-19-9-3-2-4-10-19/h2-5,7,9-11,13,17H,6,8,12,14-16H2,1H3,(H,29,34)(H,30,33). The number of hydrogen-bond donors (Lipinski definition) is 2. The summed E-state index contributed by atoms with van der Waals surface area (Å²) >= 11 is 1.51. The molecule has 0 radical (unpaired) electrons. The third-order valence-electron chi connectivity index (χ3n) is 6.65. The van der Waals surface area contributed by atoms with Gasteiger partial charge in [0.1, 0.15) is 11.5 Å². The number of rotatable bonds is 7. The summed E-state index contributed by atoms with van der Waals surface area (Å²) in [6.07, 6.45) is 4.75. The van der Waals surface area contributed by atoms with Gasteiger partial charge in [-0.1, -0.05) is 48.5 Å². The summed E-state index contributed by atoms with van der Waals surface area (Å²) in [7, 11) is 0. The highest BCUT2D eigenvalue weighted by Crippen LogP contribution is 2.38. The fraction of sp³-hybridized carbons (Fsp3) is 0.250. The summed E-state index contributed by atoms with van der Waals surface area (Å²) in [5.41, 5.74) is 4.87. The van der Waals surface area contributed by atoms with Crippen molar-refractivity contribution >= 4 is 45.3 Å². The van der Waals surface area contributed by atoms with E-state index in [1.165, 1.54) is 16.2 Å². The lowest BCUT2D eigenvalue weighted by molar-refractivity contribution is -0.116. The van der Waals surface area contributed by atoms with E-state index in [0.717, 1.165) is 59.7 Å². The molecular weight excluding hydrogens is 458 g/mol. The quantitative estimate of drug-likeness (QED) is 0.350. The summed E-state index contributed by atoms with van der Waals surface area (Å²) in [4.78, 5) is 39.3. The number of fused-ring (bicyclic) bond motifs is 2. The fourth-order valence-corrected chi connectivity index (χ4v) is 6.18. The van der Waals surface area contributed by atoms with E-state index in [2.05, 4.69) is 10.6 Å². The first kappa shape index (κ1) is 23.1. The highest BCUT2D eigenvalue weighted by atomic mass is 32.1. The van der Waals surface area contributed by atoms with E-state index in [1.54, 1.807) is 0 Å². The lowest BCUT2D eigenvalue weighted by Gasteiger charge is -2.14. The Hall–Kier alpha value is -3.71. The number of anilines is 1. The predicted molar refractivity (Wildman–Crippen MR) is 139 cm³/mol. The summed E-state index contributed by atoms with van der Waals surface area (Å²) in [5.74, 6) is -0.378. The van der Waals surface area contributed by atoms with Crippen LogP contribution in [0.25, 0.3) is 10.9 Å². The van der Waals surface area contributed by atoms with Gasteiger partial charge in [0.05, 0.1) is 5.56 Å². The lowest BCUT2D eigenvalue weighted by atomic mass is 9.95. The van der Waals surface area contributed by atoms with E-state index in [9.17, 15) is 14.4 Å². The molecule has 0 fully saturated rings. The zero-order valence-electron chi connectivity index (χ0n) is 19.6. The van der Waals surface area contributed by atoms with Crippen LogP contribution in [0.2, 0.25) is 0 Å². The van der Waals surface area contributed by atoms with Crippen LogP contribution in [0.1, 0.15) is 55.3 Å². The zero-order chi connectivity index (χ0) is 24.4. The Bertz CT molecular complexity index is 1420. The first-order valence-electron chi connectivity index (χ1n) is 11.9. The molecule has 0 aliphatic heterocycles. The topological polar surface area (TPSA) is 80.2 Å². The smallest absolute Gasteiger partial charge is 0.254 e. The van der Waals surface area contributed by atoms with Crippen LogP contribution in [-0.4, -0.2) is 22.7 Å². The Labute approximate surface area is 208 Å². The van der Waals surface area contributed by atoms with Crippen LogP contribution in [0, 0.1) is 6.92 Å². The minimum atomic E-state index is -0.220. The van der Waals surface area contributed by atoms with Crippen molar-refractivity contribution in [2.45, 2.75) is 45.7 Å². The molecule has 0 unspecified atom stereocenters. The minimum Gasteiger partial charge on any atom is -0.348 e. The summed E-state index contributed by atoms with van der Waals surface area (Å²) in [5, 5.41) is 7.50. The molecule has 4 aromatic rings. The van der Waals surface area contributed by atoms with Gasteiger partial charge < -0.3 is 15.2 Å². The predicted octanol–water partition coefficient (Wildman–Crippen LogP) is 5.27. The number of amides is 2. The normalized spacial score (nSPS) is 12.8. The van der Waals surface area contributed by atoms with Crippen LogP contribution >= 0.6 is 11.3 Å². The van der Waals surface area contributed by atoms with Crippen LogP contribution in [0.15, 0.2) is 54.6 Å². The number of nitrogens with one attached hydrogen (secondary N) is 2. The molecule has 7 heteroatoms. The Kier molecular flexibility index (Phi) is 6.51. The molecule has 2 N–H and O–H groups in total. The van der Waals surface area contributed by atoms with Crippen LogP contribution in [0.3, 0.4) is 0 Å². The van der Waals surface area contributed by atoms with Gasteiger partial charge in [-0.25, -0.2) is 0 Å². The number of aldehydes is 1. The third-order valence-corrected chi connectivity index (χ3v) is 7.85. The number of thiophene rings is 1. The van der Waals surface area contributed by atoms with Crippen molar-refractivity contribution in [2.24, 2.45) is 0 Å². The fourth-order valence-electron chi connectivity index (χ4n) is 4.88. The molecule has 0 saturated heterocycles. The van der Waals surface area contributed by atoms with Crippen molar-refractivity contribution in [2.75, 3.05) is 5.32 Å². The number of carbonyl (C=O) groups excluding carboxylic acids is 3. The maximum absolute atomic E-state index is 13.3. The van der Waals surface area contributed by atoms with Gasteiger partial charge >= 0.3 is 0 Å². The maximum atomic E-state index is 13.3. The number of benzene rings is 2. The van der Waals surface area contributed by atoms with Crippen molar-refractivity contribution in [3.05, 3.63) is 87.4 Å². The van der Waals surface area contributed by atoms with E-state index in [1.807, 2.05) is 66.1 Å². The van der Waals surface area contributed by atoms with E-state index in [0.29, 0.717) is 22.7 Å². The van der Waals surface area contributed by atoms with Crippen LogP contribution < -0.4 is 10.6 Å². The van der Waals surface area contributed by atoms with Gasteiger partial charge in [0, 0.05) is 33.6 Å². The van der Waals surface area contributed by atoms with E-state index < -0.39 is 0 Å². The molecule has 2 heterocycles. The minimum absolute atomic E-state index is 0.0633. The molecule has 0 saturated carbocycles. The molecule has 2 aromatic heterocycles. The van der Waals surface area contributed by atoms with Gasteiger partial charge in [0.25, 0.3) is 5.91 Å². The van der Waals surface area contributed by atoms with Gasteiger partial charge in [-0.2, -0.15) is 0 Å². The largest absolute Gasteiger partial charge is 0.348 e. The van der Waals surface area contributed by atoms with Crippen LogP contribution in [-0.2, 0) is 30.7 Å². The molecule has 2 amide bonds. The molecule has 6 nitrogen and oxygen atoms in total. The van der Waals surface area contributed by atoms with Crippen molar-refractivity contribution in [3.8, 4) is 0 Å². The molecule has 178 valence electrons. The summed E-state index contributed by atoms with van der Waals surface area (Å²) < 4.78 is 1.86. The average molecular weight is 486 g/mol. The second-order valence-corrected chi connectivity index (χ2v) is 9.96. The molecular formula is C28H27N3O3S. The SMILES string of the molecule is Cc1c(C=O)c2ccccc2n1CC(=O)Nc1sc2c(c1C(=O)NCc1ccccc1)CCCC2. The summed E-state index contributed by atoms with van der Waals surface area (Å²) in [6, 6.07) is 17.4. The monoisotopic (exact) mass is 485 g/mol. The maximum Gasteiger partial charge on any atom is 0.254 e. The van der Waals surface area contributed by atoms with Gasteiger partial charge in [0.15, 0.2) is 6.29 Å². The van der Waals surface area contributed by atoms with Gasteiger partial charge in [-0.05, 0) is 49.8 Å². The number of para-hydroxylation sites is 1. The molecule has 35 heavy (non-hydrogen) atoms. The lowest BCUT2D eigenvalue weighted by Crippen LogP contribution is -2.26. The summed E-state index contributed by atoms with van der Waals surface area (Å²) in [6.45, 7) is 2.35. The van der Waals surface area contributed by atoms with Gasteiger partial charge in [0.2, 0.25) is 5.91 Å². The zero-order valence-corrected chi connectivity index (χ0v) is 20.4. The molecule has 5 rings (SSSR count). The van der Waals surface area contributed by atoms with E-state index >= 15 is 0 Å². The molecule has 2 aromatic carbocycles. The first-order valence-corrected chi connectivity index (χ1v) is 12.7. The molecule has 0 atom stereocenters. The van der Waals surface area contributed by atoms with Gasteiger partial charge in [-0.15, -0.1) is 11.3 Å². The van der Waals surface area contributed by atoms with Crippen molar-refractivity contribution < 1.29 is 14.4 Å². The van der Waals surface area contributed by atoms with Crippen molar-refractivity contribution in [3.63, 3.8) is 0 Å². The molecule has 1 aliphatic carbocycles. The Balaban J connectivity index is 1.40. The molecule has 0 spiro atoms. The number of nitrogens with zero attached hydrogens (tertiary/aromatic N) is 1. The first-order chi connectivity index (χ1) is 17.1. The van der Waals surface area contributed by atoms with E-state index in [4.69, 9.17) is 0 Å². The Morgan fingerprint density at radius 3 is 2.57 bits per heavy atom. The van der Waals surface area contributed by atoms with Crippen LogP contribution in [0.4, 0.5) is 5.00 Å². The Morgan fingerprint density at radius 1 is 1.03 bits per heavy atom. The van der Waals surface area contributed by atoms with Gasteiger partial charge in [-0.3, -0.25) is 14.4 Å². The van der Waals surface area contributed by atoms with Crippen LogP contribution in [0.5, 0.6) is 0 Å². The van der Waals surface area contributed by atoms with Crippen molar-refractivity contribution in [1.82, 2.24) is 9.88 Å². The molecule has 0 bridgehead atoms. The van der Waals surface area contributed by atoms with E-state index in [-0.39, 0.29) is 18.4 Å². The number of hydrogen-bond acceptors (Lipinski definition) is 4. The highest BCUT2D eigenvalue weighted by Gasteiger charge is 2.26. The van der Waals surface area contributed by atoms with Crippen molar-refractivity contribution in [1.29, 1.82) is 0 Å².